The van der Waals surface area contributed by atoms with Crippen LogP contribution in [0.15, 0.2) is 24.3 Å². The molecule has 0 spiro atoms. The molecule has 0 unspecified atom stereocenters. The Morgan fingerprint density at radius 2 is 2.00 bits per heavy atom. The number of phenolic OH excluding ortho intramolecular Hbond substituents is 1. The highest BCUT2D eigenvalue weighted by Gasteiger charge is 2.42. The Hall–Kier alpha value is -1.59. The Morgan fingerprint density at radius 1 is 1.22 bits per heavy atom. The van der Waals surface area contributed by atoms with Gasteiger partial charge in [0.15, 0.2) is 5.60 Å². The van der Waals surface area contributed by atoms with Crippen molar-refractivity contribution in [2.24, 2.45) is 5.92 Å². The van der Waals surface area contributed by atoms with Gasteiger partial charge in [-0.1, -0.05) is 44.2 Å². The quantitative estimate of drug-likeness (QED) is 0.770. The summed E-state index contributed by atoms with van der Waals surface area (Å²) in [6, 6.07) is 7.12. The van der Waals surface area contributed by atoms with E-state index in [9.17, 15) is 15.0 Å². The molecule has 1 aliphatic heterocycles. The monoisotopic (exact) mass is 374 g/mol. The van der Waals surface area contributed by atoms with Gasteiger partial charge in [-0.2, -0.15) is 0 Å². The minimum Gasteiger partial charge on any atom is -0.508 e. The molecule has 0 radical (unpaired) electrons. The molecule has 0 bridgehead atoms. The van der Waals surface area contributed by atoms with Gasteiger partial charge in [0, 0.05) is 26.2 Å². The van der Waals surface area contributed by atoms with Crippen molar-refractivity contribution in [3.05, 3.63) is 29.8 Å². The number of carbonyl (C=O) groups excluding carboxylic acids is 1. The maximum atomic E-state index is 13.0. The molecular formula is C22H34N2O3. The topological polar surface area (TPSA) is 64.0 Å². The first-order valence-corrected chi connectivity index (χ1v) is 10.4. The van der Waals surface area contributed by atoms with Gasteiger partial charge in [-0.3, -0.25) is 9.69 Å². The average molecular weight is 375 g/mol. The third kappa shape index (κ3) is 5.45. The third-order valence-electron chi connectivity index (χ3n) is 6.13. The van der Waals surface area contributed by atoms with E-state index in [2.05, 4.69) is 0 Å². The number of aromatic hydroxyl groups is 1. The molecule has 1 atom stereocenters. The van der Waals surface area contributed by atoms with E-state index in [-0.39, 0.29) is 11.7 Å². The number of likely N-dealkylation sites (N-methyl/N-ethyl adjacent to an activating group) is 1. The van der Waals surface area contributed by atoms with Gasteiger partial charge in [0.2, 0.25) is 0 Å². The van der Waals surface area contributed by atoms with Gasteiger partial charge >= 0.3 is 0 Å². The zero-order chi connectivity index (χ0) is 19.3. The first kappa shape index (κ1) is 20.2. The van der Waals surface area contributed by atoms with Crippen molar-refractivity contribution < 1.29 is 15.0 Å². The van der Waals surface area contributed by atoms with Crippen molar-refractivity contribution in [2.45, 2.75) is 63.5 Å². The first-order chi connectivity index (χ1) is 13.0. The van der Waals surface area contributed by atoms with Crippen LogP contribution in [0.25, 0.3) is 0 Å². The number of amides is 1. The summed E-state index contributed by atoms with van der Waals surface area (Å²) < 4.78 is 0. The molecule has 150 valence electrons. The Labute approximate surface area is 163 Å². The first-order valence-electron chi connectivity index (χ1n) is 10.4. The lowest BCUT2D eigenvalue weighted by atomic mass is 9.86. The SMILES string of the molecule is CN(Cc1cccc(O)c1)C[C@@]1(O)CCCN(CCC2CCCCC2)C1=O. The molecule has 5 heteroatoms. The van der Waals surface area contributed by atoms with E-state index >= 15 is 0 Å². The number of aliphatic hydroxyl groups is 1. The minimum atomic E-state index is -1.30. The molecule has 5 nitrogen and oxygen atoms in total. The number of nitrogens with zero attached hydrogens (tertiary/aromatic N) is 2. The van der Waals surface area contributed by atoms with Crippen molar-refractivity contribution in [3.8, 4) is 5.75 Å². The number of likely N-dealkylation sites (tertiary alicyclic amines) is 1. The molecule has 1 aromatic carbocycles. The Kier molecular flexibility index (Phi) is 6.77. The molecule has 2 aliphatic rings. The lowest BCUT2D eigenvalue weighted by Crippen LogP contribution is -2.58. The van der Waals surface area contributed by atoms with Crippen molar-refractivity contribution >= 4 is 5.91 Å². The number of hydrogen-bond donors (Lipinski definition) is 2. The summed E-state index contributed by atoms with van der Waals surface area (Å²) in [4.78, 5) is 16.8. The van der Waals surface area contributed by atoms with Crippen LogP contribution in [0.4, 0.5) is 0 Å². The summed E-state index contributed by atoms with van der Waals surface area (Å²) in [7, 11) is 1.91. The van der Waals surface area contributed by atoms with E-state index in [1.807, 2.05) is 29.0 Å². The second kappa shape index (κ2) is 9.07. The fourth-order valence-electron chi connectivity index (χ4n) is 4.71. The van der Waals surface area contributed by atoms with Crippen molar-refractivity contribution in [1.82, 2.24) is 9.80 Å². The standard InChI is InChI=1S/C22H34N2O3/c1-23(16-19-9-5-10-20(25)15-19)17-22(27)12-6-13-24(21(22)26)14-11-18-7-3-2-4-8-18/h5,9-10,15,18,25,27H,2-4,6-8,11-14,16-17H2,1H3/t22-/m0/s1. The number of rotatable bonds is 7. The Morgan fingerprint density at radius 3 is 2.74 bits per heavy atom. The van der Waals surface area contributed by atoms with Crippen molar-refractivity contribution in [3.63, 3.8) is 0 Å². The Balaban J connectivity index is 1.54. The fourth-order valence-corrected chi connectivity index (χ4v) is 4.71. The maximum Gasteiger partial charge on any atom is 0.255 e. The molecule has 1 amide bonds. The highest BCUT2D eigenvalue weighted by molar-refractivity contribution is 5.86. The number of benzene rings is 1. The summed E-state index contributed by atoms with van der Waals surface area (Å²) in [6.07, 6.45) is 9.02. The van der Waals surface area contributed by atoms with Crippen LogP contribution in [-0.2, 0) is 11.3 Å². The lowest BCUT2D eigenvalue weighted by molar-refractivity contribution is -0.159. The molecule has 27 heavy (non-hydrogen) atoms. The van der Waals surface area contributed by atoms with Crippen LogP contribution >= 0.6 is 0 Å². The van der Waals surface area contributed by atoms with E-state index in [0.717, 1.165) is 37.4 Å². The molecule has 1 aliphatic carbocycles. The average Bonchev–Trinajstić information content (AvgIpc) is 2.64. The summed E-state index contributed by atoms with van der Waals surface area (Å²) in [6.45, 7) is 2.46. The molecule has 0 aromatic heterocycles. The van der Waals surface area contributed by atoms with Crippen LogP contribution in [0.3, 0.4) is 0 Å². The maximum absolute atomic E-state index is 13.0. The summed E-state index contributed by atoms with van der Waals surface area (Å²) in [5.41, 5.74) is -0.324. The van der Waals surface area contributed by atoms with Crippen molar-refractivity contribution in [2.75, 3.05) is 26.7 Å². The number of piperidine rings is 1. The minimum absolute atomic E-state index is 0.104. The molecule has 1 saturated carbocycles. The fraction of sp³-hybridized carbons (Fsp3) is 0.682. The molecule has 2 fully saturated rings. The van der Waals surface area contributed by atoms with Crippen molar-refractivity contribution in [1.29, 1.82) is 0 Å². The molecule has 1 aromatic rings. The summed E-state index contributed by atoms with van der Waals surface area (Å²) >= 11 is 0. The molecule has 2 N–H and O–H groups in total. The highest BCUT2D eigenvalue weighted by Crippen LogP contribution is 2.29. The van der Waals surface area contributed by atoms with Gasteiger partial charge in [-0.15, -0.1) is 0 Å². The molecule has 3 rings (SSSR count). The van der Waals surface area contributed by atoms with Gasteiger partial charge in [0.25, 0.3) is 5.91 Å². The molecule has 1 saturated heterocycles. The summed E-state index contributed by atoms with van der Waals surface area (Å²) in [5, 5.41) is 20.7. The van der Waals surface area contributed by atoms with Crippen LogP contribution in [-0.4, -0.2) is 58.2 Å². The predicted molar refractivity (Wildman–Crippen MR) is 106 cm³/mol. The number of carbonyl (C=O) groups is 1. The van der Waals surface area contributed by atoms with Gasteiger partial charge in [-0.25, -0.2) is 0 Å². The molecular weight excluding hydrogens is 340 g/mol. The van der Waals surface area contributed by atoms with E-state index in [0.29, 0.717) is 19.5 Å². The summed E-state index contributed by atoms with van der Waals surface area (Å²) in [5.74, 6) is 0.879. The van der Waals surface area contributed by atoms with Crippen LogP contribution < -0.4 is 0 Å². The van der Waals surface area contributed by atoms with E-state index in [4.69, 9.17) is 0 Å². The van der Waals surface area contributed by atoms with E-state index in [1.54, 1.807) is 12.1 Å². The van der Waals surface area contributed by atoms with Crippen LogP contribution in [0, 0.1) is 5.92 Å². The smallest absolute Gasteiger partial charge is 0.255 e. The van der Waals surface area contributed by atoms with E-state index in [1.165, 1.54) is 32.1 Å². The van der Waals surface area contributed by atoms with Crippen LogP contribution in [0.2, 0.25) is 0 Å². The predicted octanol–water partition coefficient (Wildman–Crippen LogP) is 3.15. The second-order valence-corrected chi connectivity index (χ2v) is 8.56. The van der Waals surface area contributed by atoms with Gasteiger partial charge in [-0.05, 0) is 49.9 Å². The highest BCUT2D eigenvalue weighted by atomic mass is 16.3. The number of hydrogen-bond acceptors (Lipinski definition) is 4. The van der Waals surface area contributed by atoms with Gasteiger partial charge < -0.3 is 15.1 Å². The van der Waals surface area contributed by atoms with E-state index < -0.39 is 5.60 Å². The van der Waals surface area contributed by atoms with Crippen LogP contribution in [0.1, 0.15) is 56.9 Å². The zero-order valence-electron chi connectivity index (χ0n) is 16.6. The van der Waals surface area contributed by atoms with Gasteiger partial charge in [0.1, 0.15) is 5.75 Å². The second-order valence-electron chi connectivity index (χ2n) is 8.56. The third-order valence-corrected chi connectivity index (χ3v) is 6.13. The van der Waals surface area contributed by atoms with Crippen LogP contribution in [0.5, 0.6) is 5.75 Å². The zero-order valence-corrected chi connectivity index (χ0v) is 16.6. The lowest BCUT2D eigenvalue weighted by Gasteiger charge is -2.40. The van der Waals surface area contributed by atoms with Gasteiger partial charge in [0.05, 0.1) is 0 Å². The normalized spacial score (nSPS) is 24.6. The molecule has 1 heterocycles. The largest absolute Gasteiger partial charge is 0.508 e. The number of phenols is 1. The Bertz CT molecular complexity index is 630.